The number of amides is 1. The van der Waals surface area contributed by atoms with E-state index in [0.717, 1.165) is 11.3 Å². The van der Waals surface area contributed by atoms with Gasteiger partial charge in [0.2, 0.25) is 0 Å². The Morgan fingerprint density at radius 2 is 2.00 bits per heavy atom. The highest BCUT2D eigenvalue weighted by molar-refractivity contribution is 5.98. The van der Waals surface area contributed by atoms with Gasteiger partial charge < -0.3 is 15.8 Å². The number of primary amides is 1. The maximum Gasteiger partial charge on any atom is 0.252 e. The van der Waals surface area contributed by atoms with Gasteiger partial charge in [-0.25, -0.2) is 4.39 Å². The second-order valence-electron chi connectivity index (χ2n) is 7.69. The van der Waals surface area contributed by atoms with Gasteiger partial charge >= 0.3 is 0 Å². The fourth-order valence-corrected chi connectivity index (χ4v) is 4.22. The fourth-order valence-electron chi connectivity index (χ4n) is 4.22. The van der Waals surface area contributed by atoms with Crippen LogP contribution < -0.4 is 15.8 Å². The molecule has 31 heavy (non-hydrogen) atoms. The standard InChI is InChI=1S/C23H24FN5O2/c1-13-5-4-10-26-21(13)17-11-14(24)12-19(17)27-20-9-8-18(28-29-20)15-6-3-7-16(23(25)30)22(15)31-2/h3-10,14,17,19H,11-12H2,1-2H3,(H2,25,30)(H,27,29)/t14-,17?,19?/m1/s1. The van der Waals surface area contributed by atoms with E-state index >= 15 is 0 Å². The van der Waals surface area contributed by atoms with Crippen molar-refractivity contribution in [2.45, 2.75) is 37.9 Å². The van der Waals surface area contributed by atoms with Crippen molar-refractivity contribution in [1.29, 1.82) is 0 Å². The zero-order valence-electron chi connectivity index (χ0n) is 17.4. The number of hydrogen-bond donors (Lipinski definition) is 2. The highest BCUT2D eigenvalue weighted by Crippen LogP contribution is 2.38. The number of methoxy groups -OCH3 is 1. The molecule has 2 unspecified atom stereocenters. The molecule has 0 saturated heterocycles. The molecule has 0 bridgehead atoms. The number of carbonyl (C=O) groups excluding carboxylic acids is 1. The first-order valence-electron chi connectivity index (χ1n) is 10.1. The van der Waals surface area contributed by atoms with E-state index in [2.05, 4.69) is 20.5 Å². The van der Waals surface area contributed by atoms with Crippen LogP contribution in [-0.2, 0) is 0 Å². The monoisotopic (exact) mass is 421 g/mol. The van der Waals surface area contributed by atoms with Crippen LogP contribution in [0.25, 0.3) is 11.3 Å². The van der Waals surface area contributed by atoms with E-state index < -0.39 is 12.1 Å². The quantitative estimate of drug-likeness (QED) is 0.630. The van der Waals surface area contributed by atoms with E-state index in [9.17, 15) is 9.18 Å². The van der Waals surface area contributed by atoms with Gasteiger partial charge in [-0.2, -0.15) is 0 Å². The smallest absolute Gasteiger partial charge is 0.252 e. The molecule has 7 nitrogen and oxygen atoms in total. The van der Waals surface area contributed by atoms with Crippen molar-refractivity contribution < 1.29 is 13.9 Å². The summed E-state index contributed by atoms with van der Waals surface area (Å²) in [5, 5.41) is 11.9. The van der Waals surface area contributed by atoms with E-state index in [1.165, 1.54) is 7.11 Å². The minimum atomic E-state index is -0.892. The van der Waals surface area contributed by atoms with E-state index in [4.69, 9.17) is 10.5 Å². The van der Waals surface area contributed by atoms with Crippen LogP contribution in [0, 0.1) is 6.92 Å². The molecule has 1 aromatic carbocycles. The Labute approximate surface area is 179 Å². The summed E-state index contributed by atoms with van der Waals surface area (Å²) in [6.07, 6.45) is 1.67. The van der Waals surface area contributed by atoms with Crippen LogP contribution in [0.2, 0.25) is 0 Å². The molecule has 4 rings (SSSR count). The third-order valence-electron chi connectivity index (χ3n) is 5.66. The number of carbonyl (C=O) groups is 1. The molecule has 8 heteroatoms. The second-order valence-corrected chi connectivity index (χ2v) is 7.69. The van der Waals surface area contributed by atoms with Crippen LogP contribution in [0.4, 0.5) is 10.2 Å². The SMILES string of the molecule is COc1c(C(N)=O)cccc1-c1ccc(NC2C[C@H](F)CC2c2ncccc2C)nn1. The lowest BCUT2D eigenvalue weighted by atomic mass is 9.95. The molecule has 0 aliphatic heterocycles. The maximum atomic E-state index is 14.3. The van der Waals surface area contributed by atoms with Crippen LogP contribution in [0.15, 0.2) is 48.7 Å². The first-order valence-corrected chi connectivity index (χ1v) is 10.1. The highest BCUT2D eigenvalue weighted by Gasteiger charge is 2.37. The van der Waals surface area contributed by atoms with Crippen LogP contribution in [-0.4, -0.2) is 40.4 Å². The summed E-state index contributed by atoms with van der Waals surface area (Å²) in [6.45, 7) is 1.99. The van der Waals surface area contributed by atoms with Crippen molar-refractivity contribution in [3.05, 3.63) is 65.5 Å². The molecule has 2 aromatic heterocycles. The molecule has 1 amide bonds. The van der Waals surface area contributed by atoms with Crippen molar-refractivity contribution in [3.63, 3.8) is 0 Å². The van der Waals surface area contributed by atoms with Gasteiger partial charge in [0.15, 0.2) is 0 Å². The molecule has 1 aliphatic carbocycles. The Balaban J connectivity index is 1.57. The van der Waals surface area contributed by atoms with Crippen LogP contribution in [0.1, 0.15) is 40.4 Å². The number of nitrogens with two attached hydrogens (primary N) is 1. The van der Waals surface area contributed by atoms with Crippen molar-refractivity contribution >= 4 is 11.7 Å². The number of alkyl halides is 1. The number of aromatic nitrogens is 3. The predicted octanol–water partition coefficient (Wildman–Crippen LogP) is 3.65. The van der Waals surface area contributed by atoms with Crippen molar-refractivity contribution in [2.24, 2.45) is 5.73 Å². The number of pyridine rings is 1. The zero-order valence-corrected chi connectivity index (χ0v) is 17.4. The number of para-hydroxylation sites is 1. The normalized spacial score (nSPS) is 20.4. The Morgan fingerprint density at radius 3 is 2.68 bits per heavy atom. The summed E-state index contributed by atoms with van der Waals surface area (Å²) in [6, 6.07) is 12.4. The van der Waals surface area contributed by atoms with Gasteiger partial charge in [-0.1, -0.05) is 12.1 Å². The molecular formula is C23H24FN5O2. The summed E-state index contributed by atoms with van der Waals surface area (Å²) in [4.78, 5) is 16.2. The predicted molar refractivity (Wildman–Crippen MR) is 116 cm³/mol. The molecule has 1 aliphatic rings. The number of halogens is 1. The molecule has 3 atom stereocenters. The first-order chi connectivity index (χ1) is 15.0. The van der Waals surface area contributed by atoms with Crippen LogP contribution in [0.3, 0.4) is 0 Å². The summed E-state index contributed by atoms with van der Waals surface area (Å²) in [5.41, 5.74) is 8.83. The van der Waals surface area contributed by atoms with Crippen molar-refractivity contribution in [2.75, 3.05) is 12.4 Å². The molecular weight excluding hydrogens is 397 g/mol. The lowest BCUT2D eigenvalue weighted by molar-refractivity contribution is 0.0997. The van der Waals surface area contributed by atoms with Gasteiger partial charge in [-0.3, -0.25) is 9.78 Å². The van der Waals surface area contributed by atoms with Gasteiger partial charge in [0.1, 0.15) is 17.7 Å². The molecule has 1 saturated carbocycles. The van der Waals surface area contributed by atoms with E-state index in [0.29, 0.717) is 35.7 Å². The maximum absolute atomic E-state index is 14.3. The topological polar surface area (TPSA) is 103 Å². The Kier molecular flexibility index (Phi) is 5.79. The Hall–Kier alpha value is -3.55. The van der Waals surface area contributed by atoms with E-state index in [-0.39, 0.29) is 17.5 Å². The van der Waals surface area contributed by atoms with Gasteiger partial charge in [-0.05, 0) is 55.7 Å². The molecule has 1 fully saturated rings. The highest BCUT2D eigenvalue weighted by atomic mass is 19.1. The number of hydrogen-bond acceptors (Lipinski definition) is 6. The van der Waals surface area contributed by atoms with Crippen molar-refractivity contribution in [3.8, 4) is 17.0 Å². The molecule has 160 valence electrons. The van der Waals surface area contributed by atoms with E-state index in [1.54, 1.807) is 36.5 Å². The van der Waals surface area contributed by atoms with Gasteiger partial charge in [0.05, 0.1) is 18.4 Å². The summed E-state index contributed by atoms with van der Waals surface area (Å²) < 4.78 is 19.6. The lowest BCUT2D eigenvalue weighted by Gasteiger charge is -2.22. The number of benzene rings is 1. The molecule has 3 N–H and O–H groups in total. The molecule has 2 heterocycles. The molecule has 0 radical (unpaired) electrons. The molecule has 0 spiro atoms. The number of nitrogens with zero attached hydrogens (tertiary/aromatic N) is 3. The third-order valence-corrected chi connectivity index (χ3v) is 5.66. The van der Waals surface area contributed by atoms with Crippen LogP contribution >= 0.6 is 0 Å². The van der Waals surface area contributed by atoms with Crippen LogP contribution in [0.5, 0.6) is 5.75 Å². The Bertz CT molecular complexity index is 1090. The second kappa shape index (κ2) is 8.67. The first kappa shape index (κ1) is 20.7. The minimum Gasteiger partial charge on any atom is -0.495 e. The summed E-state index contributed by atoms with van der Waals surface area (Å²) >= 11 is 0. The van der Waals surface area contributed by atoms with E-state index in [1.807, 2.05) is 19.1 Å². The largest absolute Gasteiger partial charge is 0.495 e. The van der Waals surface area contributed by atoms with Crippen molar-refractivity contribution in [1.82, 2.24) is 15.2 Å². The Morgan fingerprint density at radius 1 is 1.16 bits per heavy atom. The van der Waals surface area contributed by atoms with Gasteiger partial charge in [0, 0.05) is 29.4 Å². The minimum absolute atomic E-state index is 0.0370. The molecule has 3 aromatic rings. The lowest BCUT2D eigenvalue weighted by Crippen LogP contribution is -2.24. The average molecular weight is 421 g/mol. The fraction of sp³-hybridized carbons (Fsp3) is 0.304. The van der Waals surface area contributed by atoms with Gasteiger partial charge in [0.25, 0.3) is 5.91 Å². The third kappa shape index (κ3) is 4.19. The number of rotatable bonds is 6. The number of nitrogens with one attached hydrogen (secondary N) is 1. The van der Waals surface area contributed by atoms with Gasteiger partial charge in [-0.15, -0.1) is 10.2 Å². The number of anilines is 1. The summed E-state index contributed by atoms with van der Waals surface area (Å²) in [5.74, 6) is 0.283. The summed E-state index contributed by atoms with van der Waals surface area (Å²) in [7, 11) is 1.47. The zero-order chi connectivity index (χ0) is 22.0. The number of aryl methyl sites for hydroxylation is 1. The number of ether oxygens (including phenoxy) is 1. The average Bonchev–Trinajstić information content (AvgIpc) is 3.13.